The Morgan fingerprint density at radius 2 is 1.67 bits per heavy atom. The smallest absolute Gasteiger partial charge is 0.230 e. The molecule has 0 saturated carbocycles. The molecule has 0 aliphatic heterocycles. The highest BCUT2D eigenvalue weighted by Crippen LogP contribution is 2.26. The summed E-state index contributed by atoms with van der Waals surface area (Å²) in [7, 11) is 0. The van der Waals surface area contributed by atoms with E-state index < -0.39 is 5.41 Å². The van der Waals surface area contributed by atoms with Crippen molar-refractivity contribution >= 4 is 11.6 Å². The van der Waals surface area contributed by atoms with Gasteiger partial charge in [-0.2, -0.15) is 0 Å². The molecule has 2 aromatic carbocycles. The topological polar surface area (TPSA) is 29.1 Å². The summed E-state index contributed by atoms with van der Waals surface area (Å²) in [6.45, 7) is 8.07. The van der Waals surface area contributed by atoms with Gasteiger partial charge in [-0.15, -0.1) is 0 Å². The van der Waals surface area contributed by atoms with Crippen LogP contribution in [0.15, 0.2) is 48.5 Å². The van der Waals surface area contributed by atoms with Crippen LogP contribution in [-0.2, 0) is 11.2 Å². The van der Waals surface area contributed by atoms with Crippen LogP contribution < -0.4 is 5.32 Å². The van der Waals surface area contributed by atoms with Crippen LogP contribution in [0.2, 0.25) is 0 Å². The second-order valence-electron chi connectivity index (χ2n) is 6.25. The molecular formula is C19H23NO. The molecule has 0 radical (unpaired) electrons. The Kier molecular flexibility index (Phi) is 4.46. The van der Waals surface area contributed by atoms with Crippen molar-refractivity contribution in [1.82, 2.24) is 0 Å². The van der Waals surface area contributed by atoms with E-state index in [0.717, 1.165) is 17.7 Å². The van der Waals surface area contributed by atoms with Gasteiger partial charge in [0.05, 0.1) is 0 Å². The van der Waals surface area contributed by atoms with Crippen molar-refractivity contribution in [2.75, 3.05) is 5.32 Å². The Labute approximate surface area is 127 Å². The average Bonchev–Trinajstić information content (AvgIpc) is 2.44. The Hall–Kier alpha value is -2.09. The molecule has 2 aromatic rings. The third-order valence-corrected chi connectivity index (χ3v) is 3.96. The van der Waals surface area contributed by atoms with Gasteiger partial charge in [-0.3, -0.25) is 4.79 Å². The van der Waals surface area contributed by atoms with Crippen LogP contribution >= 0.6 is 0 Å². The second kappa shape index (κ2) is 6.13. The summed E-state index contributed by atoms with van der Waals surface area (Å²) in [5.74, 6) is 0.0556. The zero-order valence-electron chi connectivity index (χ0n) is 13.2. The molecule has 2 nitrogen and oxygen atoms in total. The molecular weight excluding hydrogens is 258 g/mol. The first-order valence-corrected chi connectivity index (χ1v) is 7.32. The fourth-order valence-electron chi connectivity index (χ4n) is 2.36. The van der Waals surface area contributed by atoms with Gasteiger partial charge in [-0.1, -0.05) is 56.3 Å². The summed E-state index contributed by atoms with van der Waals surface area (Å²) in [5, 5.41) is 3.07. The van der Waals surface area contributed by atoms with Gasteiger partial charge in [0.25, 0.3) is 0 Å². The molecule has 0 heterocycles. The van der Waals surface area contributed by atoms with Crippen molar-refractivity contribution in [3.05, 3.63) is 65.2 Å². The van der Waals surface area contributed by atoms with Gasteiger partial charge < -0.3 is 5.32 Å². The van der Waals surface area contributed by atoms with Crippen LogP contribution in [0.1, 0.15) is 30.5 Å². The summed E-state index contributed by atoms with van der Waals surface area (Å²) in [5.41, 5.74) is 3.95. The fraction of sp³-hybridized carbons (Fsp3) is 0.316. The highest BCUT2D eigenvalue weighted by molar-refractivity contribution is 5.95. The summed E-state index contributed by atoms with van der Waals surface area (Å²) >= 11 is 0. The van der Waals surface area contributed by atoms with E-state index in [1.54, 1.807) is 0 Å². The Morgan fingerprint density at radius 3 is 2.33 bits per heavy atom. The fourth-order valence-corrected chi connectivity index (χ4v) is 2.36. The largest absolute Gasteiger partial charge is 0.325 e. The van der Waals surface area contributed by atoms with Crippen LogP contribution in [0, 0.1) is 19.3 Å². The van der Waals surface area contributed by atoms with E-state index in [1.165, 1.54) is 11.1 Å². The van der Waals surface area contributed by atoms with E-state index in [9.17, 15) is 4.79 Å². The maximum atomic E-state index is 12.6. The highest BCUT2D eigenvalue weighted by atomic mass is 16.2. The molecule has 1 amide bonds. The number of rotatable bonds is 4. The molecule has 21 heavy (non-hydrogen) atoms. The summed E-state index contributed by atoms with van der Waals surface area (Å²) in [4.78, 5) is 12.6. The Bertz CT molecular complexity index is 629. The van der Waals surface area contributed by atoms with Crippen molar-refractivity contribution < 1.29 is 4.79 Å². The second-order valence-corrected chi connectivity index (χ2v) is 6.25. The predicted octanol–water partition coefficient (Wildman–Crippen LogP) is 4.51. The number of hydrogen-bond acceptors (Lipinski definition) is 1. The minimum Gasteiger partial charge on any atom is -0.325 e. The molecule has 0 saturated heterocycles. The minimum atomic E-state index is -0.447. The van der Waals surface area contributed by atoms with Crippen LogP contribution in [0.4, 0.5) is 5.69 Å². The lowest BCUT2D eigenvalue weighted by Gasteiger charge is -2.24. The summed E-state index contributed by atoms with van der Waals surface area (Å²) < 4.78 is 0. The van der Waals surface area contributed by atoms with Gasteiger partial charge in [-0.25, -0.2) is 0 Å². The van der Waals surface area contributed by atoms with E-state index in [-0.39, 0.29) is 5.91 Å². The molecule has 1 N–H and O–H groups in total. The van der Waals surface area contributed by atoms with Gasteiger partial charge >= 0.3 is 0 Å². The zero-order chi connectivity index (χ0) is 15.5. The molecule has 110 valence electrons. The van der Waals surface area contributed by atoms with Crippen LogP contribution in [0.5, 0.6) is 0 Å². The van der Waals surface area contributed by atoms with E-state index in [0.29, 0.717) is 0 Å². The molecule has 0 spiro atoms. The Balaban J connectivity index is 2.13. The van der Waals surface area contributed by atoms with Crippen LogP contribution in [0.25, 0.3) is 0 Å². The Morgan fingerprint density at radius 1 is 1.00 bits per heavy atom. The number of carbonyl (C=O) groups is 1. The van der Waals surface area contributed by atoms with Crippen molar-refractivity contribution in [2.24, 2.45) is 5.41 Å². The monoisotopic (exact) mass is 281 g/mol. The van der Waals surface area contributed by atoms with Crippen LogP contribution in [0.3, 0.4) is 0 Å². The number of aryl methyl sites for hydroxylation is 1. The van der Waals surface area contributed by atoms with Crippen molar-refractivity contribution in [2.45, 2.75) is 34.1 Å². The van der Waals surface area contributed by atoms with Gasteiger partial charge in [0.2, 0.25) is 5.91 Å². The first-order chi connectivity index (χ1) is 9.90. The molecule has 0 atom stereocenters. The molecule has 0 aliphatic rings. The maximum Gasteiger partial charge on any atom is 0.230 e. The standard InChI is InChI=1S/C19H23NO/c1-14-9-8-12-17(15(14)2)20-18(21)19(3,4)13-16-10-6-5-7-11-16/h5-12H,13H2,1-4H3,(H,20,21). The molecule has 0 aromatic heterocycles. The molecule has 0 fully saturated rings. The van der Waals surface area contributed by atoms with E-state index >= 15 is 0 Å². The third-order valence-electron chi connectivity index (χ3n) is 3.96. The molecule has 0 aliphatic carbocycles. The zero-order valence-corrected chi connectivity index (χ0v) is 13.2. The van der Waals surface area contributed by atoms with Crippen LogP contribution in [-0.4, -0.2) is 5.91 Å². The number of benzene rings is 2. The summed E-state index contributed by atoms with van der Waals surface area (Å²) in [6.07, 6.45) is 0.727. The van der Waals surface area contributed by atoms with Gasteiger partial charge in [0.15, 0.2) is 0 Å². The summed E-state index contributed by atoms with van der Waals surface area (Å²) in [6, 6.07) is 16.1. The van der Waals surface area contributed by atoms with Crippen molar-refractivity contribution in [3.8, 4) is 0 Å². The van der Waals surface area contributed by atoms with Gasteiger partial charge in [0, 0.05) is 11.1 Å². The first kappa shape index (κ1) is 15.3. The van der Waals surface area contributed by atoms with E-state index in [1.807, 2.05) is 51.1 Å². The highest BCUT2D eigenvalue weighted by Gasteiger charge is 2.28. The first-order valence-electron chi connectivity index (χ1n) is 7.32. The SMILES string of the molecule is Cc1cccc(NC(=O)C(C)(C)Cc2ccccc2)c1C. The average molecular weight is 281 g/mol. The molecule has 0 bridgehead atoms. The minimum absolute atomic E-state index is 0.0556. The lowest BCUT2D eigenvalue weighted by atomic mass is 9.84. The van der Waals surface area contributed by atoms with E-state index in [2.05, 4.69) is 30.4 Å². The lowest BCUT2D eigenvalue weighted by Crippen LogP contribution is -2.33. The van der Waals surface area contributed by atoms with Gasteiger partial charge in [0.1, 0.15) is 0 Å². The number of carbonyl (C=O) groups excluding carboxylic acids is 1. The van der Waals surface area contributed by atoms with Crippen molar-refractivity contribution in [1.29, 1.82) is 0 Å². The molecule has 2 heteroatoms. The maximum absolute atomic E-state index is 12.6. The van der Waals surface area contributed by atoms with Gasteiger partial charge in [-0.05, 0) is 43.0 Å². The third kappa shape index (κ3) is 3.72. The number of nitrogens with one attached hydrogen (secondary N) is 1. The number of hydrogen-bond donors (Lipinski definition) is 1. The lowest BCUT2D eigenvalue weighted by molar-refractivity contribution is -0.123. The predicted molar refractivity (Wildman–Crippen MR) is 88.5 cm³/mol. The quantitative estimate of drug-likeness (QED) is 0.877. The number of amides is 1. The molecule has 0 unspecified atom stereocenters. The molecule has 2 rings (SSSR count). The normalized spacial score (nSPS) is 11.2. The number of anilines is 1. The van der Waals surface area contributed by atoms with Crippen molar-refractivity contribution in [3.63, 3.8) is 0 Å². The van der Waals surface area contributed by atoms with E-state index in [4.69, 9.17) is 0 Å².